The molecule has 20 heavy (non-hydrogen) atoms. The number of aryl methyl sites for hydroxylation is 1. The highest BCUT2D eigenvalue weighted by atomic mass is 19.4. The van der Waals surface area contributed by atoms with E-state index in [9.17, 15) is 18.0 Å². The summed E-state index contributed by atoms with van der Waals surface area (Å²) in [7, 11) is 1.24. The van der Waals surface area contributed by atoms with Gasteiger partial charge in [0.25, 0.3) is 5.91 Å². The van der Waals surface area contributed by atoms with Crippen LogP contribution in [0.15, 0.2) is 30.3 Å². The number of alkyl halides is 3. The molecule has 0 saturated carbocycles. The average Bonchev–Trinajstić information content (AvgIpc) is 2.68. The molecule has 0 fully saturated rings. The average molecular weight is 285 g/mol. The van der Waals surface area contributed by atoms with E-state index in [2.05, 4.69) is 5.10 Å². The highest BCUT2D eigenvalue weighted by Gasteiger charge is 2.41. The minimum atomic E-state index is -4.79. The van der Waals surface area contributed by atoms with Crippen molar-refractivity contribution in [1.82, 2.24) is 9.78 Å². The van der Waals surface area contributed by atoms with Crippen molar-refractivity contribution in [3.05, 3.63) is 41.6 Å². The standard InChI is InChI=1S/C12H10F3N3O2/c1-18-11(20-7-5-3-2-4-6-7)8(10(16)19)9(17-18)12(13,14)15/h2-6H,1H3,(H2,16,19). The smallest absolute Gasteiger partial charge is 0.436 e. The number of aromatic nitrogens is 2. The second-order valence-electron chi connectivity index (χ2n) is 3.93. The van der Waals surface area contributed by atoms with Gasteiger partial charge in [-0.1, -0.05) is 18.2 Å². The second kappa shape index (κ2) is 4.87. The molecule has 106 valence electrons. The van der Waals surface area contributed by atoms with Crippen molar-refractivity contribution in [3.63, 3.8) is 0 Å². The van der Waals surface area contributed by atoms with Gasteiger partial charge in [0.1, 0.15) is 11.3 Å². The van der Waals surface area contributed by atoms with Crippen molar-refractivity contribution in [2.24, 2.45) is 12.8 Å². The lowest BCUT2D eigenvalue weighted by atomic mass is 10.2. The third-order valence-electron chi connectivity index (χ3n) is 2.47. The maximum Gasteiger partial charge on any atom is 0.436 e. The summed E-state index contributed by atoms with van der Waals surface area (Å²) in [6, 6.07) is 8.06. The molecular weight excluding hydrogens is 275 g/mol. The molecular formula is C12H10F3N3O2. The molecule has 0 aliphatic rings. The van der Waals surface area contributed by atoms with Gasteiger partial charge >= 0.3 is 6.18 Å². The lowest BCUT2D eigenvalue weighted by Crippen LogP contribution is -2.18. The molecule has 0 spiro atoms. The number of hydrogen-bond donors (Lipinski definition) is 1. The molecule has 1 aromatic heterocycles. The van der Waals surface area contributed by atoms with Crippen molar-refractivity contribution < 1.29 is 22.7 Å². The first-order chi connectivity index (χ1) is 9.30. The maximum atomic E-state index is 12.8. The number of primary amides is 1. The molecule has 0 aliphatic carbocycles. The highest BCUT2D eigenvalue weighted by molar-refractivity contribution is 5.96. The van der Waals surface area contributed by atoms with Crippen molar-refractivity contribution in [3.8, 4) is 11.6 Å². The van der Waals surface area contributed by atoms with E-state index in [-0.39, 0.29) is 11.6 Å². The lowest BCUT2D eigenvalue weighted by Gasteiger charge is -2.07. The number of rotatable bonds is 3. The molecule has 1 aromatic carbocycles. The molecule has 1 amide bonds. The van der Waals surface area contributed by atoms with Crippen LogP contribution in [0, 0.1) is 0 Å². The molecule has 0 radical (unpaired) electrons. The van der Waals surface area contributed by atoms with Crippen LogP contribution in [0.25, 0.3) is 0 Å². The van der Waals surface area contributed by atoms with Crippen molar-refractivity contribution in [2.45, 2.75) is 6.18 Å². The molecule has 8 heteroatoms. The largest absolute Gasteiger partial charge is 0.438 e. The third kappa shape index (κ3) is 2.58. The molecule has 2 rings (SSSR count). The zero-order chi connectivity index (χ0) is 14.9. The molecule has 0 aliphatic heterocycles. The Balaban J connectivity index is 2.53. The van der Waals surface area contributed by atoms with E-state index in [4.69, 9.17) is 10.5 Å². The first-order valence-electron chi connectivity index (χ1n) is 5.47. The van der Waals surface area contributed by atoms with Crippen LogP contribution in [-0.4, -0.2) is 15.7 Å². The predicted octanol–water partition coefficient (Wildman–Crippen LogP) is 2.33. The third-order valence-corrected chi connectivity index (χ3v) is 2.47. The molecule has 0 bridgehead atoms. The van der Waals surface area contributed by atoms with E-state index >= 15 is 0 Å². The zero-order valence-corrected chi connectivity index (χ0v) is 10.3. The molecule has 1 heterocycles. The Kier molecular flexibility index (Phi) is 3.39. The minimum Gasteiger partial charge on any atom is -0.438 e. The summed E-state index contributed by atoms with van der Waals surface area (Å²) in [5, 5.41) is 3.27. The Morgan fingerprint density at radius 2 is 1.90 bits per heavy atom. The summed E-state index contributed by atoms with van der Waals surface area (Å²) >= 11 is 0. The van der Waals surface area contributed by atoms with Crippen LogP contribution in [0.4, 0.5) is 13.2 Å². The van der Waals surface area contributed by atoms with Crippen LogP contribution < -0.4 is 10.5 Å². The van der Waals surface area contributed by atoms with E-state index in [0.717, 1.165) is 4.68 Å². The van der Waals surface area contributed by atoms with Crippen LogP contribution in [0.2, 0.25) is 0 Å². The lowest BCUT2D eigenvalue weighted by molar-refractivity contribution is -0.141. The van der Waals surface area contributed by atoms with Crippen LogP contribution in [0.1, 0.15) is 16.1 Å². The fourth-order valence-corrected chi connectivity index (χ4v) is 1.65. The molecule has 0 saturated heterocycles. The minimum absolute atomic E-state index is 0.270. The SMILES string of the molecule is Cn1nc(C(F)(F)F)c(C(N)=O)c1Oc1ccccc1. The van der Waals surface area contributed by atoms with Gasteiger partial charge in [-0.3, -0.25) is 4.79 Å². The van der Waals surface area contributed by atoms with E-state index in [0.29, 0.717) is 0 Å². The number of ether oxygens (including phenoxy) is 1. The van der Waals surface area contributed by atoms with Gasteiger partial charge < -0.3 is 10.5 Å². The number of nitrogens with two attached hydrogens (primary N) is 1. The van der Waals surface area contributed by atoms with E-state index in [1.54, 1.807) is 18.2 Å². The summed E-state index contributed by atoms with van der Waals surface area (Å²) in [5.41, 5.74) is 2.86. The van der Waals surface area contributed by atoms with Gasteiger partial charge in [-0.2, -0.15) is 18.3 Å². The maximum absolute atomic E-state index is 12.8. The van der Waals surface area contributed by atoms with E-state index in [1.807, 2.05) is 0 Å². The Labute approximate surface area is 111 Å². The molecule has 2 aromatic rings. The Morgan fingerprint density at radius 1 is 1.30 bits per heavy atom. The van der Waals surface area contributed by atoms with Gasteiger partial charge in [-0.15, -0.1) is 0 Å². The monoisotopic (exact) mass is 285 g/mol. The molecule has 5 nitrogen and oxygen atoms in total. The first kappa shape index (κ1) is 13.9. The Hall–Kier alpha value is -2.51. The number of halogens is 3. The van der Waals surface area contributed by atoms with Crippen LogP contribution in [-0.2, 0) is 13.2 Å². The van der Waals surface area contributed by atoms with Gasteiger partial charge in [0.2, 0.25) is 5.88 Å². The zero-order valence-electron chi connectivity index (χ0n) is 10.3. The Morgan fingerprint density at radius 3 is 2.40 bits per heavy atom. The fraction of sp³-hybridized carbons (Fsp3) is 0.167. The number of amides is 1. The molecule has 0 unspecified atom stereocenters. The highest BCUT2D eigenvalue weighted by Crippen LogP contribution is 2.36. The van der Waals surface area contributed by atoms with Crippen molar-refractivity contribution in [2.75, 3.05) is 0 Å². The second-order valence-corrected chi connectivity index (χ2v) is 3.93. The van der Waals surface area contributed by atoms with Crippen LogP contribution in [0.5, 0.6) is 11.6 Å². The number of carbonyl (C=O) groups is 1. The van der Waals surface area contributed by atoms with Crippen molar-refractivity contribution in [1.29, 1.82) is 0 Å². The molecule has 2 N–H and O–H groups in total. The van der Waals surface area contributed by atoms with Gasteiger partial charge in [-0.05, 0) is 12.1 Å². The van der Waals surface area contributed by atoms with Crippen LogP contribution in [0.3, 0.4) is 0 Å². The number of carbonyl (C=O) groups excluding carboxylic acids is 1. The summed E-state index contributed by atoms with van der Waals surface area (Å²) in [6.45, 7) is 0. The van der Waals surface area contributed by atoms with Crippen molar-refractivity contribution >= 4 is 5.91 Å². The number of nitrogens with zero attached hydrogens (tertiary/aromatic N) is 2. The topological polar surface area (TPSA) is 70.1 Å². The normalized spacial score (nSPS) is 11.4. The number of para-hydroxylation sites is 1. The van der Waals surface area contributed by atoms with Crippen LogP contribution >= 0.6 is 0 Å². The quantitative estimate of drug-likeness (QED) is 0.940. The van der Waals surface area contributed by atoms with Gasteiger partial charge in [-0.25, -0.2) is 4.68 Å². The molecule has 0 atom stereocenters. The summed E-state index contributed by atoms with van der Waals surface area (Å²) in [6.07, 6.45) is -4.79. The number of hydrogen-bond acceptors (Lipinski definition) is 3. The van der Waals surface area contributed by atoms with Gasteiger partial charge in [0.15, 0.2) is 5.69 Å². The summed E-state index contributed by atoms with van der Waals surface area (Å²) < 4.78 is 44.5. The summed E-state index contributed by atoms with van der Waals surface area (Å²) in [5.74, 6) is -1.33. The van der Waals surface area contributed by atoms with E-state index < -0.39 is 23.3 Å². The van der Waals surface area contributed by atoms with Gasteiger partial charge in [0, 0.05) is 7.05 Å². The first-order valence-corrected chi connectivity index (χ1v) is 5.47. The Bertz CT molecular complexity index is 635. The fourth-order valence-electron chi connectivity index (χ4n) is 1.65. The predicted molar refractivity (Wildman–Crippen MR) is 63.2 cm³/mol. The van der Waals surface area contributed by atoms with Gasteiger partial charge in [0.05, 0.1) is 0 Å². The van der Waals surface area contributed by atoms with E-state index in [1.165, 1.54) is 19.2 Å². The summed E-state index contributed by atoms with van der Waals surface area (Å²) in [4.78, 5) is 11.3. The number of benzene rings is 1.